The molecule has 4 atom stereocenters. The molecule has 2 saturated heterocycles. The maximum absolute atomic E-state index is 12.9. The van der Waals surface area contributed by atoms with Crippen LogP contribution in [0.2, 0.25) is 0 Å². The van der Waals surface area contributed by atoms with Gasteiger partial charge in [0.2, 0.25) is 11.8 Å². The summed E-state index contributed by atoms with van der Waals surface area (Å²) in [4.78, 5) is 39.4. The van der Waals surface area contributed by atoms with Crippen LogP contribution in [0.25, 0.3) is 0 Å². The highest BCUT2D eigenvalue weighted by atomic mass is 16.5. The second-order valence-corrected chi connectivity index (χ2v) is 6.52. The quantitative estimate of drug-likeness (QED) is 0.596. The van der Waals surface area contributed by atoms with E-state index in [1.165, 1.54) is 7.11 Å². The molecule has 2 aliphatic rings. The average Bonchev–Trinajstić information content (AvgIpc) is 3.09. The van der Waals surface area contributed by atoms with Gasteiger partial charge in [-0.2, -0.15) is 0 Å². The lowest BCUT2D eigenvalue weighted by Crippen LogP contribution is -2.58. The van der Waals surface area contributed by atoms with Gasteiger partial charge in [0.05, 0.1) is 25.6 Å². The summed E-state index contributed by atoms with van der Waals surface area (Å²) in [6, 6.07) is 6.94. The van der Waals surface area contributed by atoms with Crippen LogP contribution in [0.3, 0.4) is 0 Å². The lowest BCUT2D eigenvalue weighted by atomic mass is 9.79. The van der Waals surface area contributed by atoms with Crippen molar-refractivity contribution in [1.82, 2.24) is 10.2 Å². The maximum atomic E-state index is 12.9. The largest absolute Gasteiger partial charge is 0.468 e. The van der Waals surface area contributed by atoms with Crippen molar-refractivity contribution < 1.29 is 24.2 Å². The summed E-state index contributed by atoms with van der Waals surface area (Å²) in [5, 5.41) is 13.1. The standard InChI is InChI=1S/C18H22N2O5/c1-4-20-15(22)12-13(16(20)23)18(9-21,17(24)25-3)19-14(12)11-8-6-5-7-10(11)2/h5-8,12-14,19,21H,4,9H2,1-3H3/t12-,13-,14-,18-/m0/s1. The third-order valence-electron chi connectivity index (χ3n) is 5.38. The number of aryl methyl sites for hydroxylation is 1. The number of esters is 1. The molecule has 1 aromatic carbocycles. The number of carbonyl (C=O) groups is 3. The highest BCUT2D eigenvalue weighted by Gasteiger charge is 2.68. The molecule has 3 rings (SSSR count). The van der Waals surface area contributed by atoms with Crippen molar-refractivity contribution in [3.05, 3.63) is 35.4 Å². The zero-order valence-corrected chi connectivity index (χ0v) is 14.5. The first kappa shape index (κ1) is 17.6. The third kappa shape index (κ3) is 2.30. The first-order chi connectivity index (χ1) is 11.9. The van der Waals surface area contributed by atoms with E-state index in [1.54, 1.807) is 6.92 Å². The molecule has 0 spiro atoms. The summed E-state index contributed by atoms with van der Waals surface area (Å²) in [6.07, 6.45) is 0. The summed E-state index contributed by atoms with van der Waals surface area (Å²) in [7, 11) is 1.20. The van der Waals surface area contributed by atoms with Crippen molar-refractivity contribution in [2.75, 3.05) is 20.3 Å². The molecule has 0 radical (unpaired) electrons. The molecule has 134 valence electrons. The minimum absolute atomic E-state index is 0.230. The van der Waals surface area contributed by atoms with Crippen LogP contribution >= 0.6 is 0 Å². The highest BCUT2D eigenvalue weighted by molar-refractivity contribution is 6.09. The van der Waals surface area contributed by atoms with Gasteiger partial charge < -0.3 is 9.84 Å². The number of hydrogen-bond donors (Lipinski definition) is 2. The molecule has 2 heterocycles. The molecule has 2 fully saturated rings. The number of rotatable bonds is 4. The predicted molar refractivity (Wildman–Crippen MR) is 88.3 cm³/mol. The Morgan fingerprint density at radius 3 is 2.56 bits per heavy atom. The summed E-state index contributed by atoms with van der Waals surface area (Å²) >= 11 is 0. The number of aliphatic hydroxyl groups is 1. The van der Waals surface area contributed by atoms with Crippen LogP contribution < -0.4 is 5.32 Å². The van der Waals surface area contributed by atoms with Crippen LogP contribution in [0.5, 0.6) is 0 Å². The van der Waals surface area contributed by atoms with E-state index in [1.807, 2.05) is 31.2 Å². The second-order valence-electron chi connectivity index (χ2n) is 6.52. The van der Waals surface area contributed by atoms with Crippen molar-refractivity contribution >= 4 is 17.8 Å². The number of aliphatic hydroxyl groups excluding tert-OH is 1. The van der Waals surface area contributed by atoms with Gasteiger partial charge in [0.25, 0.3) is 0 Å². The van der Waals surface area contributed by atoms with Gasteiger partial charge in [0.15, 0.2) is 5.54 Å². The molecule has 0 bridgehead atoms. The Balaban J connectivity index is 2.17. The number of nitrogens with zero attached hydrogens (tertiary/aromatic N) is 1. The molecular weight excluding hydrogens is 324 g/mol. The fourth-order valence-electron chi connectivity index (χ4n) is 4.16. The minimum atomic E-state index is -1.62. The lowest BCUT2D eigenvalue weighted by molar-refractivity contribution is -0.156. The first-order valence-corrected chi connectivity index (χ1v) is 8.30. The van der Waals surface area contributed by atoms with Gasteiger partial charge >= 0.3 is 5.97 Å². The van der Waals surface area contributed by atoms with Gasteiger partial charge in [-0.25, -0.2) is 4.79 Å². The van der Waals surface area contributed by atoms with Crippen molar-refractivity contribution in [3.8, 4) is 0 Å². The fraction of sp³-hybridized carbons (Fsp3) is 0.500. The third-order valence-corrected chi connectivity index (χ3v) is 5.38. The van der Waals surface area contributed by atoms with E-state index in [-0.39, 0.29) is 12.5 Å². The van der Waals surface area contributed by atoms with Crippen LogP contribution in [-0.4, -0.2) is 53.6 Å². The van der Waals surface area contributed by atoms with Crippen molar-refractivity contribution in [2.45, 2.75) is 25.4 Å². The topological polar surface area (TPSA) is 95.9 Å². The smallest absolute Gasteiger partial charge is 0.329 e. The van der Waals surface area contributed by atoms with Crippen molar-refractivity contribution in [3.63, 3.8) is 0 Å². The summed E-state index contributed by atoms with van der Waals surface area (Å²) in [5.74, 6) is -3.24. The minimum Gasteiger partial charge on any atom is -0.468 e. The molecule has 0 aromatic heterocycles. The predicted octanol–water partition coefficient (Wildman–Crippen LogP) is 0.165. The number of benzene rings is 1. The monoisotopic (exact) mass is 346 g/mol. The van der Waals surface area contributed by atoms with Crippen molar-refractivity contribution in [2.24, 2.45) is 11.8 Å². The highest BCUT2D eigenvalue weighted by Crippen LogP contribution is 2.49. The molecule has 2 aliphatic heterocycles. The molecule has 25 heavy (non-hydrogen) atoms. The van der Waals surface area contributed by atoms with Gasteiger partial charge in [0, 0.05) is 12.6 Å². The molecule has 0 saturated carbocycles. The first-order valence-electron chi connectivity index (χ1n) is 8.30. The number of imide groups is 1. The van der Waals surface area contributed by atoms with E-state index in [2.05, 4.69) is 5.32 Å². The molecule has 1 aromatic rings. The number of carbonyl (C=O) groups excluding carboxylic acids is 3. The molecule has 7 heteroatoms. The number of methoxy groups -OCH3 is 1. The number of ether oxygens (including phenoxy) is 1. The Kier molecular flexibility index (Phi) is 4.38. The SMILES string of the molecule is CCN1C(=O)[C@H]2[C@@H](C1=O)[C@@](CO)(C(=O)OC)N[C@H]2c1ccccc1C. The Bertz CT molecular complexity index is 734. The van der Waals surface area contributed by atoms with Crippen molar-refractivity contribution in [1.29, 1.82) is 0 Å². The number of likely N-dealkylation sites (tertiary alicyclic amines) is 1. The zero-order chi connectivity index (χ0) is 18.4. The lowest BCUT2D eigenvalue weighted by Gasteiger charge is -2.30. The number of amides is 2. The Labute approximate surface area is 146 Å². The summed E-state index contributed by atoms with van der Waals surface area (Å²) in [5.41, 5.74) is 0.145. The van der Waals surface area contributed by atoms with Crippen LogP contribution in [0, 0.1) is 18.8 Å². The van der Waals surface area contributed by atoms with E-state index in [9.17, 15) is 19.5 Å². The zero-order valence-electron chi connectivity index (χ0n) is 14.5. The van der Waals surface area contributed by atoms with E-state index < -0.39 is 41.9 Å². The van der Waals surface area contributed by atoms with Crippen LogP contribution in [0.4, 0.5) is 0 Å². The fourth-order valence-corrected chi connectivity index (χ4v) is 4.16. The molecule has 0 unspecified atom stereocenters. The molecular formula is C18H22N2O5. The van der Waals surface area contributed by atoms with E-state index >= 15 is 0 Å². The summed E-state index contributed by atoms with van der Waals surface area (Å²) in [6.45, 7) is 3.22. The average molecular weight is 346 g/mol. The Hall–Kier alpha value is -2.25. The van der Waals surface area contributed by atoms with E-state index in [0.717, 1.165) is 16.0 Å². The second kappa shape index (κ2) is 6.24. The molecule has 2 N–H and O–H groups in total. The van der Waals surface area contributed by atoms with Crippen LogP contribution in [0.1, 0.15) is 24.1 Å². The maximum Gasteiger partial charge on any atom is 0.329 e. The van der Waals surface area contributed by atoms with Gasteiger partial charge in [-0.05, 0) is 25.0 Å². The van der Waals surface area contributed by atoms with Gasteiger partial charge in [-0.15, -0.1) is 0 Å². The van der Waals surface area contributed by atoms with Crippen LogP contribution in [0.15, 0.2) is 24.3 Å². The molecule has 7 nitrogen and oxygen atoms in total. The molecule has 0 aliphatic carbocycles. The van der Waals surface area contributed by atoms with Gasteiger partial charge in [-0.1, -0.05) is 24.3 Å². The van der Waals surface area contributed by atoms with Gasteiger partial charge in [-0.3, -0.25) is 19.8 Å². The number of hydrogen-bond acceptors (Lipinski definition) is 6. The van der Waals surface area contributed by atoms with Crippen LogP contribution in [-0.2, 0) is 19.1 Å². The number of fused-ring (bicyclic) bond motifs is 1. The Morgan fingerprint density at radius 1 is 1.32 bits per heavy atom. The van der Waals surface area contributed by atoms with Gasteiger partial charge in [0.1, 0.15) is 0 Å². The van der Waals surface area contributed by atoms with E-state index in [4.69, 9.17) is 4.74 Å². The normalized spacial score (nSPS) is 31.4. The van der Waals surface area contributed by atoms with E-state index in [0.29, 0.717) is 0 Å². The number of nitrogens with one attached hydrogen (secondary N) is 1. The Morgan fingerprint density at radius 2 is 2.00 bits per heavy atom. The summed E-state index contributed by atoms with van der Waals surface area (Å²) < 4.78 is 4.86. The molecule has 2 amide bonds.